The van der Waals surface area contributed by atoms with E-state index < -0.39 is 5.97 Å². The molecule has 106 valence electrons. The van der Waals surface area contributed by atoms with Gasteiger partial charge in [0, 0.05) is 20.1 Å². The van der Waals surface area contributed by atoms with Crippen LogP contribution in [0.4, 0.5) is 0 Å². The lowest BCUT2D eigenvalue weighted by atomic mass is 9.80. The predicted molar refractivity (Wildman–Crippen MR) is 71.2 cm³/mol. The number of ether oxygens (including phenoxy) is 1. The maximum absolute atomic E-state index is 10.5. The van der Waals surface area contributed by atoms with Crippen LogP contribution >= 0.6 is 11.8 Å². The SMILES string of the molecule is CCOC1CC(Cc2nc(SCC(=O)O)n(C)n2)C1. The van der Waals surface area contributed by atoms with Gasteiger partial charge in [-0.25, -0.2) is 9.67 Å². The van der Waals surface area contributed by atoms with Gasteiger partial charge in [-0.2, -0.15) is 5.10 Å². The molecule has 1 heterocycles. The molecule has 0 amide bonds. The minimum absolute atomic E-state index is 0.0157. The van der Waals surface area contributed by atoms with Crippen molar-refractivity contribution in [3.63, 3.8) is 0 Å². The largest absolute Gasteiger partial charge is 0.481 e. The highest BCUT2D eigenvalue weighted by molar-refractivity contribution is 7.99. The van der Waals surface area contributed by atoms with Crippen LogP contribution in [0.2, 0.25) is 0 Å². The first-order valence-corrected chi connectivity index (χ1v) is 7.43. The van der Waals surface area contributed by atoms with Gasteiger partial charge in [0.05, 0.1) is 11.9 Å². The van der Waals surface area contributed by atoms with Crippen LogP contribution in [0, 0.1) is 5.92 Å². The number of carboxylic acid groups (broad SMARTS) is 1. The summed E-state index contributed by atoms with van der Waals surface area (Å²) in [5.41, 5.74) is 0. The molecule has 0 saturated heterocycles. The molecule has 1 aliphatic carbocycles. The van der Waals surface area contributed by atoms with Gasteiger partial charge in [0.15, 0.2) is 11.0 Å². The number of carboxylic acids is 1. The summed E-state index contributed by atoms with van der Waals surface area (Å²) in [5.74, 6) is 0.571. The number of thioether (sulfide) groups is 1. The Labute approximate surface area is 116 Å². The van der Waals surface area contributed by atoms with Gasteiger partial charge in [-0.1, -0.05) is 11.8 Å². The molecular weight excluding hydrogens is 266 g/mol. The fraction of sp³-hybridized carbons (Fsp3) is 0.750. The van der Waals surface area contributed by atoms with Gasteiger partial charge in [-0.3, -0.25) is 4.79 Å². The van der Waals surface area contributed by atoms with E-state index in [2.05, 4.69) is 10.1 Å². The summed E-state index contributed by atoms with van der Waals surface area (Å²) >= 11 is 1.20. The third-order valence-electron chi connectivity index (χ3n) is 3.16. The zero-order valence-corrected chi connectivity index (χ0v) is 12.0. The minimum atomic E-state index is -0.840. The molecule has 2 rings (SSSR count). The van der Waals surface area contributed by atoms with Crippen molar-refractivity contribution in [3.8, 4) is 0 Å². The number of hydrogen-bond acceptors (Lipinski definition) is 5. The fourth-order valence-electron chi connectivity index (χ4n) is 2.23. The van der Waals surface area contributed by atoms with E-state index in [1.165, 1.54) is 11.8 Å². The molecule has 1 N–H and O–H groups in total. The summed E-state index contributed by atoms with van der Waals surface area (Å²) in [6.07, 6.45) is 3.40. The van der Waals surface area contributed by atoms with Crippen molar-refractivity contribution in [2.24, 2.45) is 13.0 Å². The molecule has 1 aromatic rings. The average molecular weight is 285 g/mol. The van der Waals surface area contributed by atoms with E-state index in [9.17, 15) is 4.79 Å². The van der Waals surface area contributed by atoms with E-state index >= 15 is 0 Å². The van der Waals surface area contributed by atoms with Crippen LogP contribution in [0.1, 0.15) is 25.6 Å². The van der Waals surface area contributed by atoms with Crippen molar-refractivity contribution in [1.82, 2.24) is 14.8 Å². The lowest BCUT2D eigenvalue weighted by molar-refractivity contribution is -0.133. The normalized spacial score (nSPS) is 22.2. The van der Waals surface area contributed by atoms with E-state index in [-0.39, 0.29) is 5.75 Å². The van der Waals surface area contributed by atoms with Crippen LogP contribution in [0.3, 0.4) is 0 Å². The van der Waals surface area contributed by atoms with Crippen molar-refractivity contribution < 1.29 is 14.6 Å². The second-order valence-electron chi connectivity index (χ2n) is 4.74. The van der Waals surface area contributed by atoms with E-state index in [1.807, 2.05) is 6.92 Å². The van der Waals surface area contributed by atoms with Crippen molar-refractivity contribution in [1.29, 1.82) is 0 Å². The summed E-state index contributed by atoms with van der Waals surface area (Å²) in [5, 5.41) is 13.6. The van der Waals surface area contributed by atoms with Crippen LogP contribution in [0.25, 0.3) is 0 Å². The van der Waals surface area contributed by atoms with E-state index in [4.69, 9.17) is 9.84 Å². The second kappa shape index (κ2) is 6.38. The van der Waals surface area contributed by atoms with Crippen LogP contribution in [-0.2, 0) is 23.0 Å². The number of aryl methyl sites for hydroxylation is 1. The lowest BCUT2D eigenvalue weighted by Gasteiger charge is -2.34. The summed E-state index contributed by atoms with van der Waals surface area (Å²) in [4.78, 5) is 14.9. The number of nitrogens with zero attached hydrogens (tertiary/aromatic N) is 3. The zero-order valence-electron chi connectivity index (χ0n) is 11.2. The fourth-order valence-corrected chi connectivity index (χ4v) is 2.88. The summed E-state index contributed by atoms with van der Waals surface area (Å²) in [7, 11) is 1.80. The average Bonchev–Trinajstić information content (AvgIpc) is 2.64. The van der Waals surface area contributed by atoms with Crippen molar-refractivity contribution >= 4 is 17.7 Å². The maximum atomic E-state index is 10.5. The van der Waals surface area contributed by atoms with Crippen molar-refractivity contribution in [2.75, 3.05) is 12.4 Å². The standard InChI is InChI=1S/C12H19N3O3S/c1-3-18-9-4-8(5-9)6-10-13-12(15(2)14-10)19-7-11(16)17/h8-9H,3-7H2,1-2H3,(H,16,17). The first-order valence-electron chi connectivity index (χ1n) is 6.44. The van der Waals surface area contributed by atoms with Gasteiger partial charge in [-0.05, 0) is 25.7 Å². The van der Waals surface area contributed by atoms with Gasteiger partial charge in [0.1, 0.15) is 0 Å². The van der Waals surface area contributed by atoms with Gasteiger partial charge >= 0.3 is 5.97 Å². The highest BCUT2D eigenvalue weighted by atomic mass is 32.2. The van der Waals surface area contributed by atoms with Crippen LogP contribution < -0.4 is 0 Å². The molecule has 0 bridgehead atoms. The Kier molecular flexibility index (Phi) is 4.81. The Bertz CT molecular complexity index is 443. The third-order valence-corrected chi connectivity index (χ3v) is 4.16. The zero-order chi connectivity index (χ0) is 13.8. The van der Waals surface area contributed by atoms with Crippen LogP contribution in [0.15, 0.2) is 5.16 Å². The summed E-state index contributed by atoms with van der Waals surface area (Å²) < 4.78 is 7.18. The predicted octanol–water partition coefficient (Wildman–Crippen LogP) is 1.35. The molecule has 0 aliphatic heterocycles. The molecule has 1 aliphatic rings. The minimum Gasteiger partial charge on any atom is -0.481 e. The highest BCUT2D eigenvalue weighted by Gasteiger charge is 2.30. The number of carbonyl (C=O) groups is 1. The first-order chi connectivity index (χ1) is 9.08. The Morgan fingerprint density at radius 2 is 2.32 bits per heavy atom. The van der Waals surface area contributed by atoms with E-state index in [1.54, 1.807) is 11.7 Å². The smallest absolute Gasteiger partial charge is 0.313 e. The highest BCUT2D eigenvalue weighted by Crippen LogP contribution is 2.32. The number of aliphatic carboxylic acids is 1. The molecule has 0 spiro atoms. The Balaban J connectivity index is 1.82. The van der Waals surface area contributed by atoms with Gasteiger partial charge in [-0.15, -0.1) is 0 Å². The lowest BCUT2D eigenvalue weighted by Crippen LogP contribution is -2.32. The summed E-state index contributed by atoms with van der Waals surface area (Å²) in [6.45, 7) is 2.79. The quantitative estimate of drug-likeness (QED) is 0.762. The van der Waals surface area contributed by atoms with E-state index in [0.717, 1.165) is 31.7 Å². The monoisotopic (exact) mass is 285 g/mol. The molecule has 7 heteroatoms. The topological polar surface area (TPSA) is 77.2 Å². The van der Waals surface area contributed by atoms with Gasteiger partial charge in [0.2, 0.25) is 0 Å². The molecule has 0 aromatic carbocycles. The molecule has 0 unspecified atom stereocenters. The molecule has 0 radical (unpaired) electrons. The van der Waals surface area contributed by atoms with Crippen molar-refractivity contribution in [3.05, 3.63) is 5.82 Å². The van der Waals surface area contributed by atoms with Crippen LogP contribution in [-0.4, -0.2) is 44.3 Å². The molecule has 1 saturated carbocycles. The molecule has 0 atom stereocenters. The molecular formula is C12H19N3O3S. The van der Waals surface area contributed by atoms with Gasteiger partial charge in [0.25, 0.3) is 0 Å². The van der Waals surface area contributed by atoms with Crippen LogP contribution in [0.5, 0.6) is 0 Å². The molecule has 1 aromatic heterocycles. The van der Waals surface area contributed by atoms with E-state index in [0.29, 0.717) is 17.2 Å². The van der Waals surface area contributed by atoms with Gasteiger partial charge < -0.3 is 9.84 Å². The summed E-state index contributed by atoms with van der Waals surface area (Å²) in [6, 6.07) is 0. The second-order valence-corrected chi connectivity index (χ2v) is 5.68. The molecule has 6 nitrogen and oxygen atoms in total. The number of aromatic nitrogens is 3. The maximum Gasteiger partial charge on any atom is 0.313 e. The Morgan fingerprint density at radius 1 is 1.58 bits per heavy atom. The van der Waals surface area contributed by atoms with Crippen molar-refractivity contribution in [2.45, 2.75) is 37.4 Å². The Morgan fingerprint density at radius 3 is 2.95 bits per heavy atom. The molecule has 1 fully saturated rings. The third kappa shape index (κ3) is 3.94. The number of rotatable bonds is 7. The first kappa shape index (κ1) is 14.3. The molecule has 19 heavy (non-hydrogen) atoms. The number of hydrogen-bond donors (Lipinski definition) is 1. The Hall–Kier alpha value is -1.08.